The van der Waals surface area contributed by atoms with Crippen LogP contribution in [0.15, 0.2) is 56.8 Å². The first-order valence-electron chi connectivity index (χ1n) is 9.12. The predicted molar refractivity (Wildman–Crippen MR) is 121 cm³/mol. The molecule has 0 radical (unpaired) electrons. The number of hydrogen-bond acceptors (Lipinski definition) is 5. The number of amides is 1. The smallest absolute Gasteiger partial charge is 0.284 e. The molecule has 150 valence electrons. The van der Waals surface area contributed by atoms with Crippen LogP contribution in [-0.4, -0.2) is 26.9 Å². The average molecular weight is 474 g/mol. The molecule has 1 aliphatic heterocycles. The fraction of sp³-hybridized carbons (Fsp3) is 0.238. The molecule has 2 aromatic carbocycles. The monoisotopic (exact) mass is 473 g/mol. The molecular formula is C21H20BrN3O3S. The number of thioether (sulfide) groups is 1. The van der Waals surface area contributed by atoms with Gasteiger partial charge in [0.1, 0.15) is 0 Å². The van der Waals surface area contributed by atoms with Crippen molar-refractivity contribution in [2.45, 2.75) is 33.2 Å². The number of nitro groups is 1. The van der Waals surface area contributed by atoms with E-state index in [0.29, 0.717) is 20.1 Å². The molecule has 0 N–H and O–H groups in total. The van der Waals surface area contributed by atoms with Gasteiger partial charge in [-0.25, -0.2) is 4.99 Å². The van der Waals surface area contributed by atoms with E-state index in [1.807, 2.05) is 45.0 Å². The number of hydrogen-bond donors (Lipinski definition) is 0. The Morgan fingerprint density at radius 3 is 2.59 bits per heavy atom. The minimum absolute atomic E-state index is 0.00986. The standard InChI is InChI=1S/C21H20BrN3O3S/c1-4-14(3)24-20(26)19(12-15-7-10-17(22)18(11-15)25(27)28)29-21(24)23-16-8-5-13(2)6-9-16/h5-12,14H,4H2,1-3H3/b19-12+,23-21?/t14-/m1/s1. The van der Waals surface area contributed by atoms with E-state index in [1.54, 1.807) is 23.1 Å². The molecule has 0 bridgehead atoms. The molecule has 0 saturated carbocycles. The Labute approximate surface area is 182 Å². The van der Waals surface area contributed by atoms with Gasteiger partial charge in [0.15, 0.2) is 5.17 Å². The van der Waals surface area contributed by atoms with Crippen molar-refractivity contribution in [3.63, 3.8) is 0 Å². The third kappa shape index (κ3) is 4.76. The van der Waals surface area contributed by atoms with E-state index >= 15 is 0 Å². The van der Waals surface area contributed by atoms with E-state index in [2.05, 4.69) is 20.9 Å². The van der Waals surface area contributed by atoms with E-state index in [1.165, 1.54) is 17.8 Å². The quantitative estimate of drug-likeness (QED) is 0.300. The lowest BCUT2D eigenvalue weighted by Gasteiger charge is -2.22. The molecule has 6 nitrogen and oxygen atoms in total. The summed E-state index contributed by atoms with van der Waals surface area (Å²) in [4.78, 5) is 30.7. The summed E-state index contributed by atoms with van der Waals surface area (Å²) in [6.45, 7) is 6.01. The Hall–Kier alpha value is -2.45. The van der Waals surface area contributed by atoms with E-state index in [9.17, 15) is 14.9 Å². The van der Waals surface area contributed by atoms with Gasteiger partial charge in [-0.05, 0) is 77.8 Å². The Kier molecular flexibility index (Phi) is 6.54. The zero-order chi connectivity index (χ0) is 21.1. The third-order valence-corrected chi connectivity index (χ3v) is 6.25. The highest BCUT2D eigenvalue weighted by molar-refractivity contribution is 9.10. The van der Waals surface area contributed by atoms with E-state index < -0.39 is 4.92 Å². The number of amidine groups is 1. The van der Waals surface area contributed by atoms with Gasteiger partial charge in [0.25, 0.3) is 11.6 Å². The lowest BCUT2D eigenvalue weighted by atomic mass is 10.1. The second kappa shape index (κ2) is 8.92. The summed E-state index contributed by atoms with van der Waals surface area (Å²) in [5.41, 5.74) is 2.47. The molecule has 1 aliphatic rings. The number of aryl methyl sites for hydroxylation is 1. The minimum atomic E-state index is -0.453. The second-order valence-corrected chi connectivity index (χ2v) is 8.60. The van der Waals surface area contributed by atoms with Crippen molar-refractivity contribution in [1.29, 1.82) is 0 Å². The lowest BCUT2D eigenvalue weighted by molar-refractivity contribution is -0.385. The Morgan fingerprint density at radius 2 is 1.97 bits per heavy atom. The summed E-state index contributed by atoms with van der Waals surface area (Å²) in [5.74, 6) is -0.138. The number of benzene rings is 2. The van der Waals surface area contributed by atoms with Gasteiger partial charge in [0, 0.05) is 12.1 Å². The summed E-state index contributed by atoms with van der Waals surface area (Å²) in [5, 5.41) is 11.8. The maximum absolute atomic E-state index is 13.1. The Balaban J connectivity index is 2.00. The van der Waals surface area contributed by atoms with Gasteiger partial charge in [-0.15, -0.1) is 0 Å². The lowest BCUT2D eigenvalue weighted by Crippen LogP contribution is -2.36. The Bertz CT molecular complexity index is 1020. The molecule has 3 rings (SSSR count). The van der Waals surface area contributed by atoms with Crippen LogP contribution in [-0.2, 0) is 4.79 Å². The molecular weight excluding hydrogens is 454 g/mol. The zero-order valence-electron chi connectivity index (χ0n) is 16.3. The van der Waals surface area contributed by atoms with Crippen molar-refractivity contribution in [3.8, 4) is 0 Å². The molecule has 1 atom stereocenters. The van der Waals surface area contributed by atoms with E-state index in [0.717, 1.165) is 17.7 Å². The van der Waals surface area contributed by atoms with Crippen molar-refractivity contribution in [3.05, 3.63) is 73.1 Å². The summed E-state index contributed by atoms with van der Waals surface area (Å²) in [7, 11) is 0. The average Bonchev–Trinajstić information content (AvgIpc) is 2.99. The maximum atomic E-state index is 13.1. The number of halogens is 1. The third-order valence-electron chi connectivity index (χ3n) is 4.59. The summed E-state index contributed by atoms with van der Waals surface area (Å²) in [6.07, 6.45) is 2.47. The van der Waals surface area contributed by atoms with Gasteiger partial charge in [0.05, 0.1) is 20.0 Å². The number of rotatable bonds is 5. The highest BCUT2D eigenvalue weighted by atomic mass is 79.9. The predicted octanol–water partition coefficient (Wildman–Crippen LogP) is 6.07. The molecule has 29 heavy (non-hydrogen) atoms. The second-order valence-electron chi connectivity index (χ2n) is 6.74. The van der Waals surface area contributed by atoms with Gasteiger partial charge in [-0.1, -0.05) is 30.7 Å². The molecule has 1 heterocycles. The van der Waals surface area contributed by atoms with Gasteiger partial charge in [-0.3, -0.25) is 19.8 Å². The normalized spacial score (nSPS) is 17.9. The minimum Gasteiger partial charge on any atom is -0.284 e. The van der Waals surface area contributed by atoms with Crippen LogP contribution in [0.4, 0.5) is 11.4 Å². The van der Waals surface area contributed by atoms with E-state index in [4.69, 9.17) is 0 Å². The zero-order valence-corrected chi connectivity index (χ0v) is 18.7. The van der Waals surface area contributed by atoms with Crippen molar-refractivity contribution < 1.29 is 9.72 Å². The molecule has 8 heteroatoms. The highest BCUT2D eigenvalue weighted by Gasteiger charge is 2.36. The van der Waals surface area contributed by atoms with Crippen molar-refractivity contribution in [1.82, 2.24) is 4.90 Å². The first-order valence-corrected chi connectivity index (χ1v) is 10.7. The van der Waals surface area contributed by atoms with Gasteiger partial charge < -0.3 is 0 Å². The fourth-order valence-electron chi connectivity index (χ4n) is 2.78. The van der Waals surface area contributed by atoms with Crippen LogP contribution in [0.1, 0.15) is 31.4 Å². The van der Waals surface area contributed by atoms with Crippen LogP contribution in [0.5, 0.6) is 0 Å². The Morgan fingerprint density at radius 1 is 1.28 bits per heavy atom. The molecule has 0 spiro atoms. The number of nitrogens with zero attached hydrogens (tertiary/aromatic N) is 3. The molecule has 1 amide bonds. The van der Waals surface area contributed by atoms with Gasteiger partial charge in [-0.2, -0.15) is 0 Å². The van der Waals surface area contributed by atoms with Crippen LogP contribution in [0.25, 0.3) is 6.08 Å². The molecule has 0 aromatic heterocycles. The molecule has 1 fully saturated rings. The number of carbonyl (C=O) groups excluding carboxylic acids is 1. The number of carbonyl (C=O) groups is 1. The van der Waals surface area contributed by atoms with Gasteiger partial charge >= 0.3 is 0 Å². The summed E-state index contributed by atoms with van der Waals surface area (Å²) < 4.78 is 0.401. The number of nitro benzene ring substituents is 1. The first kappa shape index (κ1) is 21.3. The largest absolute Gasteiger partial charge is 0.284 e. The summed E-state index contributed by atoms with van der Waals surface area (Å²) >= 11 is 4.47. The van der Waals surface area contributed by atoms with Crippen LogP contribution in [0, 0.1) is 17.0 Å². The van der Waals surface area contributed by atoms with Crippen LogP contribution < -0.4 is 0 Å². The molecule has 0 aliphatic carbocycles. The van der Waals surface area contributed by atoms with Crippen molar-refractivity contribution in [2.24, 2.45) is 4.99 Å². The summed E-state index contributed by atoms with van der Waals surface area (Å²) in [6, 6.07) is 12.6. The topological polar surface area (TPSA) is 75.8 Å². The van der Waals surface area contributed by atoms with E-state index in [-0.39, 0.29) is 17.6 Å². The molecule has 2 aromatic rings. The molecule has 1 saturated heterocycles. The highest BCUT2D eigenvalue weighted by Crippen LogP contribution is 2.37. The SMILES string of the molecule is CC[C@@H](C)N1C(=O)/C(=C\c2ccc(Br)c([N+](=O)[O-])c2)SC1=Nc1ccc(C)cc1. The van der Waals surface area contributed by atoms with Gasteiger partial charge in [0.2, 0.25) is 0 Å². The van der Waals surface area contributed by atoms with Crippen LogP contribution >= 0.6 is 27.7 Å². The van der Waals surface area contributed by atoms with Crippen molar-refractivity contribution in [2.75, 3.05) is 0 Å². The fourth-order valence-corrected chi connectivity index (χ4v) is 4.26. The number of aliphatic imine (C=N–C) groups is 1. The first-order chi connectivity index (χ1) is 13.8. The van der Waals surface area contributed by atoms with Crippen molar-refractivity contribution >= 4 is 56.2 Å². The van der Waals surface area contributed by atoms with Crippen LogP contribution in [0.3, 0.4) is 0 Å². The van der Waals surface area contributed by atoms with Crippen LogP contribution in [0.2, 0.25) is 0 Å². The maximum Gasteiger partial charge on any atom is 0.284 e. The molecule has 0 unspecified atom stereocenters.